The van der Waals surface area contributed by atoms with Gasteiger partial charge in [-0.25, -0.2) is 0 Å². The van der Waals surface area contributed by atoms with Crippen molar-refractivity contribution in [3.8, 4) is 0 Å². The van der Waals surface area contributed by atoms with Gasteiger partial charge in [-0.2, -0.15) is 0 Å². The monoisotopic (exact) mass is 155 g/mol. The van der Waals surface area contributed by atoms with Crippen LogP contribution in [0.5, 0.6) is 0 Å². The Kier molecular flexibility index (Phi) is 3.27. The average molecular weight is 155 g/mol. The molecule has 2 nitrogen and oxygen atoms in total. The van der Waals surface area contributed by atoms with Crippen molar-refractivity contribution in [2.75, 3.05) is 13.1 Å². The fourth-order valence-corrected chi connectivity index (χ4v) is 1.48. The second-order valence-electron chi connectivity index (χ2n) is 3.05. The largest absolute Gasteiger partial charge is 0.495 e. The van der Waals surface area contributed by atoms with Gasteiger partial charge in [-0.1, -0.05) is 12.8 Å². The number of aliphatic hydroxyl groups excluding tert-OH is 1. The van der Waals surface area contributed by atoms with Crippen LogP contribution in [0.2, 0.25) is 0 Å². The van der Waals surface area contributed by atoms with Crippen molar-refractivity contribution < 1.29 is 5.11 Å². The summed E-state index contributed by atoms with van der Waals surface area (Å²) in [5.74, 6) is 0.451. The molecule has 0 radical (unpaired) electrons. The average Bonchev–Trinajstić information content (AvgIpc) is 2.30. The van der Waals surface area contributed by atoms with Crippen LogP contribution in [0.25, 0.3) is 0 Å². The van der Waals surface area contributed by atoms with Gasteiger partial charge in [-0.05, 0) is 25.8 Å². The molecule has 0 aromatic carbocycles. The van der Waals surface area contributed by atoms with Gasteiger partial charge in [0.05, 0.1) is 0 Å². The van der Waals surface area contributed by atoms with Crippen LogP contribution in [-0.2, 0) is 0 Å². The topological polar surface area (TPSA) is 23.5 Å². The minimum atomic E-state index is 0.451. The molecule has 1 rings (SSSR count). The minimum Gasteiger partial charge on any atom is -0.495 e. The lowest BCUT2D eigenvalue weighted by Gasteiger charge is -2.20. The second-order valence-corrected chi connectivity index (χ2v) is 3.05. The zero-order chi connectivity index (χ0) is 8.10. The lowest BCUT2D eigenvalue weighted by Crippen LogP contribution is -2.23. The Bertz CT molecular complexity index is 134. The third-order valence-corrected chi connectivity index (χ3v) is 2.19. The van der Waals surface area contributed by atoms with E-state index in [0.717, 1.165) is 13.1 Å². The number of hydrogen-bond acceptors (Lipinski definition) is 2. The quantitative estimate of drug-likeness (QED) is 0.587. The highest BCUT2D eigenvalue weighted by Gasteiger charge is 2.09. The molecule has 1 N–H and O–H groups in total. The van der Waals surface area contributed by atoms with Crippen LogP contribution in [0.3, 0.4) is 0 Å². The number of likely N-dealkylation sites (tertiary alicyclic amines) is 1. The van der Waals surface area contributed by atoms with Crippen LogP contribution in [0, 0.1) is 0 Å². The van der Waals surface area contributed by atoms with Crippen molar-refractivity contribution in [2.24, 2.45) is 0 Å². The van der Waals surface area contributed by atoms with Crippen LogP contribution < -0.4 is 0 Å². The Morgan fingerprint density at radius 2 is 1.73 bits per heavy atom. The number of rotatable bonds is 1. The third-order valence-electron chi connectivity index (χ3n) is 2.19. The Morgan fingerprint density at radius 1 is 1.18 bits per heavy atom. The molecule has 0 spiro atoms. The van der Waals surface area contributed by atoms with Crippen molar-refractivity contribution in [2.45, 2.75) is 32.6 Å². The first-order valence-corrected chi connectivity index (χ1v) is 4.45. The molecule has 1 fully saturated rings. The van der Waals surface area contributed by atoms with E-state index < -0.39 is 0 Å². The Hall–Kier alpha value is -0.660. The molecule has 0 unspecified atom stereocenters. The molecular weight excluding hydrogens is 138 g/mol. The predicted molar refractivity (Wildman–Crippen MR) is 46.4 cm³/mol. The molecular formula is C9H17NO. The molecule has 0 bridgehead atoms. The van der Waals surface area contributed by atoms with Crippen molar-refractivity contribution in [3.63, 3.8) is 0 Å². The molecule has 64 valence electrons. The summed E-state index contributed by atoms with van der Waals surface area (Å²) in [5, 5.41) is 9.39. The summed E-state index contributed by atoms with van der Waals surface area (Å²) in [4.78, 5) is 2.06. The normalized spacial score (nSPS) is 21.5. The van der Waals surface area contributed by atoms with Crippen LogP contribution in [0.4, 0.5) is 0 Å². The maximum atomic E-state index is 9.39. The molecule has 0 saturated carbocycles. The molecule has 2 heteroatoms. The summed E-state index contributed by atoms with van der Waals surface area (Å²) in [7, 11) is 0. The van der Waals surface area contributed by atoms with E-state index in [9.17, 15) is 5.11 Å². The highest BCUT2D eigenvalue weighted by Crippen LogP contribution is 2.12. The van der Waals surface area contributed by atoms with Crippen molar-refractivity contribution in [3.05, 3.63) is 12.0 Å². The zero-order valence-corrected chi connectivity index (χ0v) is 7.21. The van der Waals surface area contributed by atoms with Crippen LogP contribution in [-0.4, -0.2) is 23.1 Å². The van der Waals surface area contributed by atoms with E-state index in [2.05, 4.69) is 4.90 Å². The molecule has 11 heavy (non-hydrogen) atoms. The van der Waals surface area contributed by atoms with E-state index in [4.69, 9.17) is 0 Å². The van der Waals surface area contributed by atoms with Gasteiger partial charge in [0.2, 0.25) is 0 Å². The SMILES string of the molecule is C/C=C(\O)N1CCCCCC1. The first kappa shape index (κ1) is 8.44. The second kappa shape index (κ2) is 4.27. The first-order chi connectivity index (χ1) is 5.34. The van der Waals surface area contributed by atoms with Gasteiger partial charge < -0.3 is 10.0 Å². The zero-order valence-electron chi connectivity index (χ0n) is 7.21. The highest BCUT2D eigenvalue weighted by atomic mass is 16.3. The Balaban J connectivity index is 2.42. The summed E-state index contributed by atoms with van der Waals surface area (Å²) in [6.07, 6.45) is 6.84. The molecule has 1 saturated heterocycles. The molecule has 0 aliphatic carbocycles. The number of aliphatic hydroxyl groups is 1. The van der Waals surface area contributed by atoms with Gasteiger partial charge in [0.1, 0.15) is 0 Å². The summed E-state index contributed by atoms with van der Waals surface area (Å²) >= 11 is 0. The lowest BCUT2D eigenvalue weighted by molar-refractivity contribution is 0.205. The standard InChI is InChI=1S/C9H17NO/c1-2-9(11)10-7-5-3-4-6-8-10/h2,11H,3-8H2,1H3/b9-2-. The van der Waals surface area contributed by atoms with Crippen molar-refractivity contribution in [1.29, 1.82) is 0 Å². The van der Waals surface area contributed by atoms with Crippen molar-refractivity contribution in [1.82, 2.24) is 4.90 Å². The molecule has 0 atom stereocenters. The van der Waals surface area contributed by atoms with E-state index >= 15 is 0 Å². The van der Waals surface area contributed by atoms with Crippen LogP contribution in [0.15, 0.2) is 12.0 Å². The fraction of sp³-hybridized carbons (Fsp3) is 0.778. The van der Waals surface area contributed by atoms with Crippen LogP contribution >= 0.6 is 0 Å². The molecule has 0 amide bonds. The van der Waals surface area contributed by atoms with Crippen molar-refractivity contribution >= 4 is 0 Å². The van der Waals surface area contributed by atoms with Gasteiger partial charge in [0, 0.05) is 13.1 Å². The first-order valence-electron chi connectivity index (χ1n) is 4.45. The summed E-state index contributed by atoms with van der Waals surface area (Å²) in [5.41, 5.74) is 0. The minimum absolute atomic E-state index is 0.451. The van der Waals surface area contributed by atoms with E-state index in [-0.39, 0.29) is 0 Å². The van der Waals surface area contributed by atoms with E-state index in [0.29, 0.717) is 5.88 Å². The van der Waals surface area contributed by atoms with E-state index in [1.165, 1.54) is 25.7 Å². The maximum Gasteiger partial charge on any atom is 0.182 e. The van der Waals surface area contributed by atoms with Gasteiger partial charge in [-0.15, -0.1) is 0 Å². The number of nitrogens with zero attached hydrogens (tertiary/aromatic N) is 1. The lowest BCUT2D eigenvalue weighted by atomic mass is 10.2. The predicted octanol–water partition coefficient (Wildman–Crippen LogP) is 2.28. The highest BCUT2D eigenvalue weighted by molar-refractivity contribution is 4.88. The maximum absolute atomic E-state index is 9.39. The van der Waals surface area contributed by atoms with Gasteiger partial charge in [-0.3, -0.25) is 0 Å². The van der Waals surface area contributed by atoms with E-state index in [1.807, 2.05) is 6.92 Å². The van der Waals surface area contributed by atoms with Crippen LogP contribution in [0.1, 0.15) is 32.6 Å². The molecule has 0 aromatic heterocycles. The number of hydrogen-bond donors (Lipinski definition) is 1. The number of allylic oxidation sites excluding steroid dienone is 1. The summed E-state index contributed by atoms with van der Waals surface area (Å²) in [6, 6.07) is 0. The Morgan fingerprint density at radius 3 is 2.18 bits per heavy atom. The molecule has 1 aliphatic heterocycles. The molecule has 1 aliphatic rings. The third kappa shape index (κ3) is 2.45. The van der Waals surface area contributed by atoms with Gasteiger partial charge >= 0.3 is 0 Å². The van der Waals surface area contributed by atoms with E-state index in [1.54, 1.807) is 6.08 Å². The Labute approximate surface area is 68.5 Å². The summed E-state index contributed by atoms with van der Waals surface area (Å²) < 4.78 is 0. The molecule has 0 aromatic rings. The molecule has 1 heterocycles. The van der Waals surface area contributed by atoms with Gasteiger partial charge in [0.15, 0.2) is 5.88 Å². The summed E-state index contributed by atoms with van der Waals surface area (Å²) in [6.45, 7) is 3.92. The smallest absolute Gasteiger partial charge is 0.182 e. The fourth-order valence-electron chi connectivity index (χ4n) is 1.48. The van der Waals surface area contributed by atoms with Gasteiger partial charge in [0.25, 0.3) is 0 Å².